The second kappa shape index (κ2) is 5.93. The van der Waals surface area contributed by atoms with Crippen LogP contribution in [0.2, 0.25) is 0 Å². The number of hydrogen-bond acceptors (Lipinski definition) is 2. The molecule has 2 rings (SSSR count). The van der Waals surface area contributed by atoms with Crippen LogP contribution in [-0.2, 0) is 16.4 Å². The van der Waals surface area contributed by atoms with Crippen LogP contribution in [0.25, 0.3) is 0 Å². The minimum Gasteiger partial charge on any atom is -0.279 e. The van der Waals surface area contributed by atoms with Gasteiger partial charge in [-0.05, 0) is 52.2 Å². The second-order valence-corrected chi connectivity index (χ2v) is 6.73. The molecule has 2 aromatic rings. The lowest BCUT2D eigenvalue weighted by Crippen LogP contribution is -2.14. The van der Waals surface area contributed by atoms with E-state index in [9.17, 15) is 12.8 Å². The van der Waals surface area contributed by atoms with Gasteiger partial charge in [0.1, 0.15) is 5.82 Å². The summed E-state index contributed by atoms with van der Waals surface area (Å²) in [6.07, 6.45) is 0.702. The molecule has 6 heteroatoms. The summed E-state index contributed by atoms with van der Waals surface area (Å²) in [7, 11) is -3.80. The van der Waals surface area contributed by atoms with Gasteiger partial charge in [-0.25, -0.2) is 12.8 Å². The Labute approximate surface area is 126 Å². The molecule has 20 heavy (non-hydrogen) atoms. The molecular formula is C14H13BrFNO2S. The minimum atomic E-state index is -3.80. The van der Waals surface area contributed by atoms with Gasteiger partial charge in [0.15, 0.2) is 0 Å². The number of benzene rings is 2. The Morgan fingerprint density at radius 1 is 1.20 bits per heavy atom. The average molecular weight is 358 g/mol. The van der Waals surface area contributed by atoms with Crippen LogP contribution in [0.5, 0.6) is 0 Å². The SMILES string of the molecule is CCc1ccccc1NS(=O)(=O)c1ccc(Br)c(F)c1. The summed E-state index contributed by atoms with van der Waals surface area (Å²) in [5.41, 5.74) is 1.40. The van der Waals surface area contributed by atoms with Crippen LogP contribution in [0.15, 0.2) is 51.8 Å². The zero-order chi connectivity index (χ0) is 14.8. The summed E-state index contributed by atoms with van der Waals surface area (Å²) in [6, 6.07) is 10.8. The number of nitrogens with one attached hydrogen (secondary N) is 1. The maximum Gasteiger partial charge on any atom is 0.262 e. The summed E-state index contributed by atoms with van der Waals surface area (Å²) in [5, 5.41) is 0. The fourth-order valence-electron chi connectivity index (χ4n) is 1.78. The number of aryl methyl sites for hydroxylation is 1. The topological polar surface area (TPSA) is 46.2 Å². The summed E-state index contributed by atoms with van der Waals surface area (Å²) in [6.45, 7) is 1.94. The summed E-state index contributed by atoms with van der Waals surface area (Å²) < 4.78 is 40.7. The largest absolute Gasteiger partial charge is 0.279 e. The first-order valence-electron chi connectivity index (χ1n) is 6.00. The molecule has 0 aliphatic carbocycles. The van der Waals surface area contributed by atoms with Gasteiger partial charge in [-0.2, -0.15) is 0 Å². The van der Waals surface area contributed by atoms with E-state index in [4.69, 9.17) is 0 Å². The van der Waals surface area contributed by atoms with Crippen molar-refractivity contribution in [2.45, 2.75) is 18.2 Å². The van der Waals surface area contributed by atoms with Crippen molar-refractivity contribution >= 4 is 31.6 Å². The molecule has 106 valence electrons. The molecule has 3 nitrogen and oxygen atoms in total. The van der Waals surface area contributed by atoms with Crippen LogP contribution in [0.1, 0.15) is 12.5 Å². The molecule has 0 aromatic heterocycles. The molecule has 0 fully saturated rings. The number of anilines is 1. The van der Waals surface area contributed by atoms with E-state index in [0.29, 0.717) is 12.1 Å². The first kappa shape index (κ1) is 15.0. The van der Waals surface area contributed by atoms with Crippen LogP contribution in [0.3, 0.4) is 0 Å². The minimum absolute atomic E-state index is 0.107. The highest BCUT2D eigenvalue weighted by Gasteiger charge is 2.17. The zero-order valence-corrected chi connectivity index (χ0v) is 13.1. The Morgan fingerprint density at radius 3 is 2.55 bits per heavy atom. The van der Waals surface area contributed by atoms with Crippen LogP contribution >= 0.6 is 15.9 Å². The quantitative estimate of drug-likeness (QED) is 0.900. The zero-order valence-electron chi connectivity index (χ0n) is 10.7. The Morgan fingerprint density at radius 2 is 1.90 bits per heavy atom. The predicted octanol–water partition coefficient (Wildman–Crippen LogP) is 3.95. The lowest BCUT2D eigenvalue weighted by molar-refractivity contribution is 0.593. The van der Waals surface area contributed by atoms with Gasteiger partial charge >= 0.3 is 0 Å². The summed E-state index contributed by atoms with van der Waals surface area (Å²) in [4.78, 5) is -0.107. The highest BCUT2D eigenvalue weighted by molar-refractivity contribution is 9.10. The van der Waals surface area contributed by atoms with Crippen molar-refractivity contribution in [1.29, 1.82) is 0 Å². The van der Waals surface area contributed by atoms with Crippen molar-refractivity contribution in [2.75, 3.05) is 4.72 Å². The van der Waals surface area contributed by atoms with E-state index >= 15 is 0 Å². The Balaban J connectivity index is 2.38. The Hall–Kier alpha value is -1.40. The first-order chi connectivity index (χ1) is 9.44. The maximum atomic E-state index is 13.5. The maximum absolute atomic E-state index is 13.5. The molecule has 0 spiro atoms. The van der Waals surface area contributed by atoms with Gasteiger partial charge < -0.3 is 0 Å². The number of hydrogen-bond donors (Lipinski definition) is 1. The van der Waals surface area contributed by atoms with E-state index in [1.54, 1.807) is 12.1 Å². The van der Waals surface area contributed by atoms with Gasteiger partial charge in [-0.3, -0.25) is 4.72 Å². The molecule has 0 aliphatic rings. The third-order valence-corrected chi connectivity index (χ3v) is 4.85. The van der Waals surface area contributed by atoms with Crippen molar-refractivity contribution in [3.63, 3.8) is 0 Å². The predicted molar refractivity (Wildman–Crippen MR) is 80.7 cm³/mol. The van der Waals surface area contributed by atoms with Crippen molar-refractivity contribution in [2.24, 2.45) is 0 Å². The second-order valence-electron chi connectivity index (χ2n) is 4.19. The molecule has 0 saturated carbocycles. The van der Waals surface area contributed by atoms with E-state index in [1.165, 1.54) is 12.1 Å². The molecule has 0 unspecified atom stereocenters. The number of rotatable bonds is 4. The van der Waals surface area contributed by atoms with Crippen LogP contribution < -0.4 is 4.72 Å². The Bertz CT molecular complexity index is 732. The average Bonchev–Trinajstić information content (AvgIpc) is 2.42. The van der Waals surface area contributed by atoms with Crippen molar-refractivity contribution in [1.82, 2.24) is 0 Å². The van der Waals surface area contributed by atoms with Crippen molar-refractivity contribution in [3.05, 3.63) is 58.3 Å². The van der Waals surface area contributed by atoms with Gasteiger partial charge in [0.25, 0.3) is 10.0 Å². The lowest BCUT2D eigenvalue weighted by Gasteiger charge is -2.11. The van der Waals surface area contributed by atoms with Crippen LogP contribution in [-0.4, -0.2) is 8.42 Å². The van der Waals surface area contributed by atoms with Crippen molar-refractivity contribution in [3.8, 4) is 0 Å². The molecule has 0 saturated heterocycles. The number of halogens is 2. The third kappa shape index (κ3) is 3.19. The Kier molecular flexibility index (Phi) is 4.45. The first-order valence-corrected chi connectivity index (χ1v) is 8.27. The fourth-order valence-corrected chi connectivity index (χ4v) is 3.13. The monoisotopic (exact) mass is 357 g/mol. The summed E-state index contributed by atoms with van der Waals surface area (Å²) >= 11 is 3.00. The van der Waals surface area contributed by atoms with E-state index in [0.717, 1.165) is 11.6 Å². The van der Waals surface area contributed by atoms with E-state index < -0.39 is 15.8 Å². The molecule has 0 heterocycles. The van der Waals surface area contributed by atoms with Gasteiger partial charge in [0.05, 0.1) is 15.1 Å². The lowest BCUT2D eigenvalue weighted by atomic mass is 10.1. The van der Waals surface area contributed by atoms with Gasteiger partial charge in [-0.15, -0.1) is 0 Å². The van der Waals surface area contributed by atoms with Gasteiger partial charge in [0, 0.05) is 0 Å². The van der Waals surface area contributed by atoms with E-state index in [2.05, 4.69) is 20.7 Å². The molecule has 2 aromatic carbocycles. The highest BCUT2D eigenvalue weighted by atomic mass is 79.9. The summed E-state index contributed by atoms with van der Waals surface area (Å²) in [5.74, 6) is -0.614. The fraction of sp³-hybridized carbons (Fsp3) is 0.143. The van der Waals surface area contributed by atoms with Gasteiger partial charge in [0.2, 0.25) is 0 Å². The molecule has 0 amide bonds. The van der Waals surface area contributed by atoms with Gasteiger partial charge in [-0.1, -0.05) is 25.1 Å². The van der Waals surface area contributed by atoms with E-state index in [1.807, 2.05) is 19.1 Å². The highest BCUT2D eigenvalue weighted by Crippen LogP contribution is 2.23. The molecule has 0 radical (unpaired) electrons. The molecule has 0 bridgehead atoms. The third-order valence-electron chi connectivity index (χ3n) is 2.84. The van der Waals surface area contributed by atoms with Crippen LogP contribution in [0, 0.1) is 5.82 Å². The molecule has 0 aliphatic heterocycles. The van der Waals surface area contributed by atoms with Crippen LogP contribution in [0.4, 0.5) is 10.1 Å². The molecule has 0 atom stereocenters. The standard InChI is InChI=1S/C14H13BrFNO2S/c1-2-10-5-3-4-6-14(10)17-20(18,19)11-7-8-12(15)13(16)9-11/h3-9,17H,2H2,1H3. The number of sulfonamides is 1. The smallest absolute Gasteiger partial charge is 0.262 e. The number of para-hydroxylation sites is 1. The van der Waals surface area contributed by atoms with E-state index in [-0.39, 0.29) is 9.37 Å². The molecule has 1 N–H and O–H groups in total. The van der Waals surface area contributed by atoms with Crippen molar-refractivity contribution < 1.29 is 12.8 Å². The molecular weight excluding hydrogens is 345 g/mol. The normalized spacial score (nSPS) is 11.3.